The molecule has 0 rings (SSSR count). The molecule has 0 saturated carbocycles. The van der Waals surface area contributed by atoms with Crippen molar-refractivity contribution in [1.82, 2.24) is 0 Å². The monoisotopic (exact) mass is 190 g/mol. The summed E-state index contributed by atoms with van der Waals surface area (Å²) in [7, 11) is 0. The molecule has 1 atom stereocenters. The minimum absolute atomic E-state index is 0.252. The molecule has 0 radical (unpaired) electrons. The van der Waals surface area contributed by atoms with E-state index in [2.05, 4.69) is 4.89 Å². The fourth-order valence-electron chi connectivity index (χ4n) is 0.796. The van der Waals surface area contributed by atoms with Crippen LogP contribution < -0.4 is 0 Å². The summed E-state index contributed by atoms with van der Waals surface area (Å²) in [5, 5.41) is 8.05. The molecule has 0 aromatic rings. The van der Waals surface area contributed by atoms with Gasteiger partial charge in [0.25, 0.3) is 0 Å². The molecular formula is C8H14O5. The molecule has 1 N–H and O–H groups in total. The molecule has 76 valence electrons. The van der Waals surface area contributed by atoms with Crippen molar-refractivity contribution in [3.8, 4) is 0 Å². The van der Waals surface area contributed by atoms with Crippen LogP contribution >= 0.6 is 0 Å². The first-order valence-corrected chi connectivity index (χ1v) is 4.19. The van der Waals surface area contributed by atoms with E-state index in [-0.39, 0.29) is 13.0 Å². The lowest BCUT2D eigenvalue weighted by atomic mass is 10.1. The van der Waals surface area contributed by atoms with Gasteiger partial charge in [-0.3, -0.25) is 4.79 Å². The first-order chi connectivity index (χ1) is 6.17. The maximum absolute atomic E-state index is 11.1. The van der Waals surface area contributed by atoms with Gasteiger partial charge in [0.15, 0.2) is 5.92 Å². The molecule has 0 amide bonds. The fourth-order valence-corrected chi connectivity index (χ4v) is 0.796. The summed E-state index contributed by atoms with van der Waals surface area (Å²) in [5.41, 5.74) is 0. The Morgan fingerprint density at radius 1 is 1.31 bits per heavy atom. The average Bonchev–Trinajstić information content (AvgIpc) is 2.15. The summed E-state index contributed by atoms with van der Waals surface area (Å²) in [6.07, 6.45) is 0.943. The van der Waals surface area contributed by atoms with Crippen LogP contribution in [0.5, 0.6) is 0 Å². The van der Waals surface area contributed by atoms with Crippen LogP contribution in [0.25, 0.3) is 0 Å². The highest BCUT2D eigenvalue weighted by atomic mass is 17.1. The van der Waals surface area contributed by atoms with E-state index in [1.54, 1.807) is 6.92 Å². The molecule has 13 heavy (non-hydrogen) atoms. The molecule has 0 spiro atoms. The summed E-state index contributed by atoms with van der Waals surface area (Å²) < 4.78 is 4.72. The first-order valence-electron chi connectivity index (χ1n) is 4.19. The van der Waals surface area contributed by atoms with E-state index in [0.29, 0.717) is 6.42 Å². The van der Waals surface area contributed by atoms with Crippen molar-refractivity contribution in [2.75, 3.05) is 6.61 Å². The standard InChI is InChI=1S/C8H14O5/c1-3-5-12-7(9)6(4-2)8(10)13-11/h6,11H,3-5H2,1-2H3. The van der Waals surface area contributed by atoms with Crippen LogP contribution in [0, 0.1) is 5.92 Å². The molecule has 5 nitrogen and oxygen atoms in total. The zero-order valence-electron chi connectivity index (χ0n) is 7.78. The Labute approximate surface area is 76.6 Å². The van der Waals surface area contributed by atoms with E-state index in [0.717, 1.165) is 0 Å². The largest absolute Gasteiger partial charge is 0.465 e. The van der Waals surface area contributed by atoms with Crippen LogP contribution in [0.1, 0.15) is 26.7 Å². The summed E-state index contributed by atoms with van der Waals surface area (Å²) in [6.45, 7) is 3.75. The highest BCUT2D eigenvalue weighted by molar-refractivity contribution is 5.94. The topological polar surface area (TPSA) is 72.8 Å². The maximum Gasteiger partial charge on any atom is 0.356 e. The lowest BCUT2D eigenvalue weighted by Crippen LogP contribution is -2.26. The number of ether oxygens (including phenoxy) is 1. The molecule has 0 aliphatic heterocycles. The van der Waals surface area contributed by atoms with Crippen molar-refractivity contribution in [1.29, 1.82) is 0 Å². The predicted molar refractivity (Wildman–Crippen MR) is 43.8 cm³/mol. The number of hydrogen-bond acceptors (Lipinski definition) is 5. The van der Waals surface area contributed by atoms with Gasteiger partial charge in [-0.05, 0) is 12.8 Å². The van der Waals surface area contributed by atoms with Gasteiger partial charge in [-0.25, -0.2) is 4.79 Å². The van der Waals surface area contributed by atoms with Crippen LogP contribution in [0.3, 0.4) is 0 Å². The van der Waals surface area contributed by atoms with Crippen molar-refractivity contribution in [3.63, 3.8) is 0 Å². The molecule has 1 unspecified atom stereocenters. The summed E-state index contributed by atoms with van der Waals surface area (Å²) in [5.74, 6) is -2.64. The Hall–Kier alpha value is -1.10. The van der Waals surface area contributed by atoms with Gasteiger partial charge in [-0.1, -0.05) is 13.8 Å². The van der Waals surface area contributed by atoms with E-state index in [1.807, 2.05) is 6.92 Å². The maximum atomic E-state index is 11.1. The molecule has 0 aromatic heterocycles. The normalized spacial score (nSPS) is 11.9. The molecule has 0 fully saturated rings. The molecule has 0 aliphatic carbocycles. The minimum atomic E-state index is -1.02. The van der Waals surface area contributed by atoms with Gasteiger partial charge >= 0.3 is 11.9 Å². The van der Waals surface area contributed by atoms with E-state index >= 15 is 0 Å². The van der Waals surface area contributed by atoms with E-state index < -0.39 is 17.9 Å². The third-order valence-electron chi connectivity index (χ3n) is 1.52. The Bertz CT molecular complexity index is 177. The number of rotatable bonds is 5. The van der Waals surface area contributed by atoms with E-state index in [4.69, 9.17) is 9.99 Å². The lowest BCUT2D eigenvalue weighted by Gasteiger charge is -2.09. The molecule has 5 heteroatoms. The van der Waals surface area contributed by atoms with E-state index in [1.165, 1.54) is 0 Å². The highest BCUT2D eigenvalue weighted by Crippen LogP contribution is 2.07. The number of hydrogen-bond donors (Lipinski definition) is 1. The van der Waals surface area contributed by atoms with Crippen LogP contribution in [0.2, 0.25) is 0 Å². The zero-order chi connectivity index (χ0) is 10.3. The SMILES string of the molecule is CCCOC(=O)C(CC)C(=O)OO. The smallest absolute Gasteiger partial charge is 0.356 e. The van der Waals surface area contributed by atoms with Crippen LogP contribution in [-0.2, 0) is 19.2 Å². The summed E-state index contributed by atoms with van der Waals surface area (Å²) in [6, 6.07) is 0. The van der Waals surface area contributed by atoms with Gasteiger partial charge in [0.2, 0.25) is 0 Å². The fraction of sp³-hybridized carbons (Fsp3) is 0.750. The predicted octanol–water partition coefficient (Wildman–Crippen LogP) is 0.982. The minimum Gasteiger partial charge on any atom is -0.465 e. The van der Waals surface area contributed by atoms with Crippen molar-refractivity contribution in [2.45, 2.75) is 26.7 Å². The summed E-state index contributed by atoms with van der Waals surface area (Å²) in [4.78, 5) is 25.3. The molecule has 0 bridgehead atoms. The second kappa shape index (κ2) is 6.42. The molecule has 0 heterocycles. The van der Waals surface area contributed by atoms with E-state index in [9.17, 15) is 9.59 Å². The third kappa shape index (κ3) is 3.89. The molecule has 0 aliphatic rings. The van der Waals surface area contributed by atoms with Crippen LogP contribution in [0.4, 0.5) is 0 Å². The van der Waals surface area contributed by atoms with Crippen molar-refractivity contribution in [2.24, 2.45) is 5.92 Å². The Morgan fingerprint density at radius 3 is 2.31 bits per heavy atom. The number of esters is 1. The molecular weight excluding hydrogens is 176 g/mol. The quantitative estimate of drug-likeness (QED) is 0.303. The second-order valence-electron chi connectivity index (χ2n) is 2.54. The second-order valence-corrected chi connectivity index (χ2v) is 2.54. The summed E-state index contributed by atoms with van der Waals surface area (Å²) >= 11 is 0. The van der Waals surface area contributed by atoms with Crippen molar-refractivity contribution >= 4 is 11.9 Å². The number of carbonyl (C=O) groups is 2. The van der Waals surface area contributed by atoms with Gasteiger partial charge in [-0.2, -0.15) is 5.26 Å². The van der Waals surface area contributed by atoms with Crippen molar-refractivity contribution in [3.05, 3.63) is 0 Å². The van der Waals surface area contributed by atoms with Gasteiger partial charge in [-0.15, -0.1) is 0 Å². The average molecular weight is 190 g/mol. The highest BCUT2D eigenvalue weighted by Gasteiger charge is 2.27. The first kappa shape index (κ1) is 11.9. The van der Waals surface area contributed by atoms with Crippen LogP contribution in [0.15, 0.2) is 0 Å². The van der Waals surface area contributed by atoms with Gasteiger partial charge in [0.1, 0.15) is 0 Å². The lowest BCUT2D eigenvalue weighted by molar-refractivity contribution is -0.239. The number of carbonyl (C=O) groups excluding carboxylic acids is 2. The molecule has 0 saturated heterocycles. The van der Waals surface area contributed by atoms with Gasteiger partial charge < -0.3 is 9.62 Å². The van der Waals surface area contributed by atoms with Gasteiger partial charge in [0.05, 0.1) is 6.61 Å². The Morgan fingerprint density at radius 2 is 1.92 bits per heavy atom. The Kier molecular flexibility index (Phi) is 5.88. The van der Waals surface area contributed by atoms with Crippen molar-refractivity contribution < 1.29 is 24.5 Å². The third-order valence-corrected chi connectivity index (χ3v) is 1.52. The molecule has 0 aromatic carbocycles. The zero-order valence-corrected chi connectivity index (χ0v) is 7.78. The van der Waals surface area contributed by atoms with Gasteiger partial charge in [0, 0.05) is 0 Å². The Balaban J connectivity index is 4.07. The van der Waals surface area contributed by atoms with Crippen LogP contribution in [-0.4, -0.2) is 23.8 Å².